The van der Waals surface area contributed by atoms with Crippen LogP contribution in [0.15, 0.2) is 53.4 Å². The number of anilines is 1. The van der Waals surface area contributed by atoms with Gasteiger partial charge >= 0.3 is 0 Å². The van der Waals surface area contributed by atoms with Crippen molar-refractivity contribution in [2.45, 2.75) is 29.5 Å². The van der Waals surface area contributed by atoms with Gasteiger partial charge in [-0.1, -0.05) is 12.1 Å². The Morgan fingerprint density at radius 1 is 1.07 bits per heavy atom. The van der Waals surface area contributed by atoms with E-state index in [1.165, 1.54) is 43.3 Å². The molecule has 2 aromatic carbocycles. The van der Waals surface area contributed by atoms with Gasteiger partial charge in [-0.15, -0.1) is 0 Å². The Morgan fingerprint density at radius 3 is 2.30 bits per heavy atom. The van der Waals surface area contributed by atoms with Crippen LogP contribution in [0.2, 0.25) is 0 Å². The van der Waals surface area contributed by atoms with Gasteiger partial charge in [-0.2, -0.15) is 0 Å². The van der Waals surface area contributed by atoms with Crippen LogP contribution in [0.25, 0.3) is 0 Å². The second kappa shape index (κ2) is 8.83. The Kier molecular flexibility index (Phi) is 6.59. The van der Waals surface area contributed by atoms with Crippen LogP contribution in [-0.2, 0) is 30.9 Å². The molecule has 0 aliphatic carbocycles. The molecule has 2 N–H and O–H groups in total. The molecule has 0 bridgehead atoms. The summed E-state index contributed by atoms with van der Waals surface area (Å²) in [5.41, 5.74) is 1.31. The molecule has 2 aromatic rings. The topological polar surface area (TPSA) is 109 Å². The van der Waals surface area contributed by atoms with Crippen LogP contribution in [0.1, 0.15) is 12.5 Å². The summed E-state index contributed by atoms with van der Waals surface area (Å²) in [6.45, 7) is 1.70. The number of sulfone groups is 2. The van der Waals surface area contributed by atoms with Crippen molar-refractivity contribution in [2.75, 3.05) is 23.4 Å². The Labute approximate surface area is 175 Å². The fourth-order valence-electron chi connectivity index (χ4n) is 3.47. The summed E-state index contributed by atoms with van der Waals surface area (Å²) >= 11 is 0. The molecule has 10 heteroatoms. The molecule has 0 aromatic heterocycles. The normalized spacial score (nSPS) is 20.7. The van der Waals surface area contributed by atoms with E-state index in [1.807, 2.05) is 0 Å². The van der Waals surface area contributed by atoms with E-state index in [2.05, 4.69) is 10.6 Å². The molecule has 1 aliphatic heterocycles. The Hall–Kier alpha value is -2.30. The maximum atomic E-state index is 13.1. The summed E-state index contributed by atoms with van der Waals surface area (Å²) in [6.07, 6.45) is 0.509. The zero-order valence-corrected chi connectivity index (χ0v) is 18.0. The van der Waals surface area contributed by atoms with Gasteiger partial charge < -0.3 is 10.6 Å². The van der Waals surface area contributed by atoms with Crippen LogP contribution in [0.4, 0.5) is 10.1 Å². The first-order valence-electron chi connectivity index (χ1n) is 9.37. The van der Waals surface area contributed by atoms with Gasteiger partial charge in [-0.25, -0.2) is 21.2 Å². The van der Waals surface area contributed by atoms with Gasteiger partial charge in [0, 0.05) is 18.7 Å². The third kappa shape index (κ3) is 5.44. The monoisotopic (exact) mass is 454 g/mol. The molecule has 30 heavy (non-hydrogen) atoms. The van der Waals surface area contributed by atoms with E-state index in [1.54, 1.807) is 12.1 Å². The van der Waals surface area contributed by atoms with Gasteiger partial charge in [-0.05, 0) is 54.9 Å². The van der Waals surface area contributed by atoms with Crippen LogP contribution in [0.3, 0.4) is 0 Å². The average Bonchev–Trinajstić information content (AvgIpc) is 2.99. The second-order valence-corrected chi connectivity index (χ2v) is 11.6. The standard InChI is InChI=1S/C20H23FN2O5S2/c1-14(24)23-17-6-8-18(9-7-17)30(27,28)20-13-29(25,26)12-19(20)22-11-10-15-2-4-16(21)5-3-15/h2-9,19-20,22H,10-13H2,1H3,(H,23,24)/t19-,20-/m1/s1. The van der Waals surface area contributed by atoms with Crippen molar-refractivity contribution < 1.29 is 26.0 Å². The molecular formula is C20H23FN2O5S2. The van der Waals surface area contributed by atoms with E-state index in [-0.39, 0.29) is 22.4 Å². The number of carbonyl (C=O) groups is 1. The lowest BCUT2D eigenvalue weighted by Gasteiger charge is -2.20. The molecule has 1 saturated heterocycles. The lowest BCUT2D eigenvalue weighted by atomic mass is 10.1. The number of benzene rings is 2. The smallest absolute Gasteiger partial charge is 0.221 e. The van der Waals surface area contributed by atoms with Gasteiger partial charge in [-0.3, -0.25) is 4.79 Å². The van der Waals surface area contributed by atoms with Crippen molar-refractivity contribution in [3.8, 4) is 0 Å². The van der Waals surface area contributed by atoms with Crippen LogP contribution >= 0.6 is 0 Å². The lowest BCUT2D eigenvalue weighted by molar-refractivity contribution is -0.114. The minimum Gasteiger partial charge on any atom is -0.326 e. The predicted molar refractivity (Wildman–Crippen MR) is 112 cm³/mol. The molecular weight excluding hydrogens is 431 g/mol. The van der Waals surface area contributed by atoms with Crippen molar-refractivity contribution in [3.63, 3.8) is 0 Å². The van der Waals surface area contributed by atoms with Crippen molar-refractivity contribution in [2.24, 2.45) is 0 Å². The first kappa shape index (κ1) is 22.4. The Balaban J connectivity index is 1.73. The van der Waals surface area contributed by atoms with Crippen molar-refractivity contribution in [1.82, 2.24) is 5.32 Å². The summed E-state index contributed by atoms with van der Waals surface area (Å²) in [4.78, 5) is 11.1. The zero-order chi connectivity index (χ0) is 21.9. The second-order valence-electron chi connectivity index (χ2n) is 7.30. The van der Waals surface area contributed by atoms with Crippen LogP contribution in [0, 0.1) is 5.82 Å². The molecule has 1 amide bonds. The van der Waals surface area contributed by atoms with E-state index >= 15 is 0 Å². The number of rotatable bonds is 7. The highest BCUT2D eigenvalue weighted by molar-refractivity contribution is 7.96. The number of amides is 1. The summed E-state index contributed by atoms with van der Waals surface area (Å²) in [7, 11) is -7.42. The first-order chi connectivity index (χ1) is 14.1. The summed E-state index contributed by atoms with van der Waals surface area (Å²) in [5.74, 6) is -1.33. The summed E-state index contributed by atoms with van der Waals surface area (Å²) < 4.78 is 63.6. The van der Waals surface area contributed by atoms with Gasteiger partial charge in [0.05, 0.1) is 21.7 Å². The third-order valence-corrected chi connectivity index (χ3v) is 9.10. The lowest BCUT2D eigenvalue weighted by Crippen LogP contribution is -2.44. The van der Waals surface area contributed by atoms with Crippen molar-refractivity contribution in [3.05, 3.63) is 59.9 Å². The largest absolute Gasteiger partial charge is 0.326 e. The highest BCUT2D eigenvalue weighted by Gasteiger charge is 2.45. The molecule has 1 fully saturated rings. The zero-order valence-electron chi connectivity index (χ0n) is 16.3. The van der Waals surface area contributed by atoms with Crippen molar-refractivity contribution >= 4 is 31.3 Å². The number of carbonyl (C=O) groups excluding carboxylic acids is 1. The predicted octanol–water partition coefficient (Wildman–Crippen LogP) is 1.56. The first-order valence-corrected chi connectivity index (χ1v) is 12.7. The number of halogens is 1. The molecule has 0 radical (unpaired) electrons. The highest BCUT2D eigenvalue weighted by Crippen LogP contribution is 2.27. The van der Waals surface area contributed by atoms with Gasteiger partial charge in [0.25, 0.3) is 0 Å². The minimum atomic E-state index is -3.91. The highest BCUT2D eigenvalue weighted by atomic mass is 32.2. The summed E-state index contributed by atoms with van der Waals surface area (Å²) in [6, 6.07) is 10.9. The number of nitrogens with one attached hydrogen (secondary N) is 2. The molecule has 0 unspecified atom stereocenters. The maximum absolute atomic E-state index is 13.1. The fraction of sp³-hybridized carbons (Fsp3) is 0.350. The summed E-state index contributed by atoms with van der Waals surface area (Å²) in [5, 5.41) is 4.50. The average molecular weight is 455 g/mol. The fourth-order valence-corrected chi connectivity index (χ4v) is 8.19. The van der Waals surface area contributed by atoms with E-state index in [9.17, 15) is 26.0 Å². The Morgan fingerprint density at radius 2 is 1.70 bits per heavy atom. The molecule has 3 rings (SSSR count). The van der Waals surface area contributed by atoms with Gasteiger partial charge in [0.2, 0.25) is 5.91 Å². The van der Waals surface area contributed by atoms with Crippen molar-refractivity contribution in [1.29, 1.82) is 0 Å². The van der Waals surface area contributed by atoms with Gasteiger partial charge in [0.1, 0.15) is 5.82 Å². The molecule has 0 spiro atoms. The molecule has 0 saturated carbocycles. The SMILES string of the molecule is CC(=O)Nc1ccc(S(=O)(=O)[C@@H]2CS(=O)(=O)C[C@H]2NCCc2ccc(F)cc2)cc1. The Bertz CT molecular complexity index is 1110. The van der Waals surface area contributed by atoms with Gasteiger partial charge in [0.15, 0.2) is 19.7 Å². The molecule has 1 heterocycles. The van der Waals surface area contributed by atoms with E-state index in [0.717, 1.165) is 5.56 Å². The van der Waals surface area contributed by atoms with E-state index < -0.39 is 36.7 Å². The van der Waals surface area contributed by atoms with Crippen LogP contribution in [0.5, 0.6) is 0 Å². The van der Waals surface area contributed by atoms with E-state index in [0.29, 0.717) is 18.7 Å². The third-order valence-electron chi connectivity index (χ3n) is 4.94. The number of hydrogen-bond acceptors (Lipinski definition) is 6. The van der Waals surface area contributed by atoms with E-state index in [4.69, 9.17) is 0 Å². The number of hydrogen-bond donors (Lipinski definition) is 2. The molecule has 7 nitrogen and oxygen atoms in total. The minimum absolute atomic E-state index is 0.00374. The quantitative estimate of drug-likeness (QED) is 0.657. The van der Waals surface area contributed by atoms with Crippen LogP contribution in [-0.4, -0.2) is 52.1 Å². The molecule has 162 valence electrons. The molecule has 2 atom stereocenters. The van der Waals surface area contributed by atoms with Crippen LogP contribution < -0.4 is 10.6 Å². The maximum Gasteiger partial charge on any atom is 0.221 e. The molecule has 1 aliphatic rings.